The lowest BCUT2D eigenvalue weighted by Gasteiger charge is -2.15. The molecule has 0 atom stereocenters. The first-order valence-corrected chi connectivity index (χ1v) is 9.91. The highest BCUT2D eigenvalue weighted by Gasteiger charge is 2.25. The fourth-order valence-electron chi connectivity index (χ4n) is 2.29. The summed E-state index contributed by atoms with van der Waals surface area (Å²) >= 11 is 0. The van der Waals surface area contributed by atoms with E-state index in [0.717, 1.165) is 23.5 Å². The molecule has 0 radical (unpaired) electrons. The second kappa shape index (κ2) is 5.60. The molecular weight excluding hydrogens is 350 g/mol. The van der Waals surface area contributed by atoms with Gasteiger partial charge in [0.25, 0.3) is 20.0 Å². The third-order valence-electron chi connectivity index (χ3n) is 3.80. The van der Waals surface area contributed by atoms with Crippen LogP contribution in [0.15, 0.2) is 50.6 Å². The van der Waals surface area contributed by atoms with Crippen LogP contribution in [0.2, 0.25) is 0 Å². The van der Waals surface area contributed by atoms with Crippen molar-refractivity contribution in [3.8, 4) is 0 Å². The van der Waals surface area contributed by atoms with Crippen molar-refractivity contribution in [2.24, 2.45) is 4.40 Å². The second-order valence-electron chi connectivity index (χ2n) is 5.36. The number of nitrogens with zero attached hydrogens (tertiary/aromatic N) is 1. The molecule has 0 spiro atoms. The number of fused-ring (bicyclic) bond motifs is 1. The summed E-state index contributed by atoms with van der Waals surface area (Å²) in [7, 11) is -7.83. The van der Waals surface area contributed by atoms with Crippen LogP contribution in [0.3, 0.4) is 0 Å². The standard InChI is InChI=1S/C15H15N3O4S2/c1-10-4-3-5-13(11(10)2)18-23(19,20)12-6-7-14-15(8-12)24(21,22)17-9-16-14/h3-9,18H,1-2H3,(H,16,17). The van der Waals surface area contributed by atoms with Crippen molar-refractivity contribution in [3.05, 3.63) is 47.5 Å². The molecule has 0 aromatic heterocycles. The van der Waals surface area contributed by atoms with Crippen molar-refractivity contribution in [2.75, 3.05) is 10.0 Å². The van der Waals surface area contributed by atoms with Gasteiger partial charge in [0.05, 0.1) is 16.3 Å². The Hall–Kier alpha value is -2.39. The van der Waals surface area contributed by atoms with Gasteiger partial charge >= 0.3 is 0 Å². The number of sulfonamides is 2. The molecule has 1 heterocycles. The van der Waals surface area contributed by atoms with Crippen LogP contribution in [0.5, 0.6) is 0 Å². The van der Waals surface area contributed by atoms with Crippen LogP contribution in [-0.2, 0) is 20.0 Å². The minimum atomic E-state index is -3.93. The molecule has 3 rings (SSSR count). The normalized spacial score (nSPS) is 15.4. The van der Waals surface area contributed by atoms with Gasteiger partial charge in [0.15, 0.2) is 0 Å². The molecule has 126 valence electrons. The van der Waals surface area contributed by atoms with Crippen molar-refractivity contribution in [1.82, 2.24) is 0 Å². The number of nitrogens with one attached hydrogen (secondary N) is 2. The highest BCUT2D eigenvalue weighted by atomic mass is 32.2. The third-order valence-corrected chi connectivity index (χ3v) is 6.44. The van der Waals surface area contributed by atoms with Crippen molar-refractivity contribution in [1.29, 1.82) is 0 Å². The number of anilines is 2. The Balaban J connectivity index is 2.05. The summed E-state index contributed by atoms with van der Waals surface area (Å²) in [5.41, 5.74) is 2.49. The molecule has 1 aliphatic rings. The minimum absolute atomic E-state index is 0.148. The molecule has 1 aliphatic heterocycles. The van der Waals surface area contributed by atoms with Gasteiger partial charge in [-0.2, -0.15) is 8.42 Å². The number of aryl methyl sites for hydroxylation is 1. The zero-order valence-corrected chi connectivity index (χ0v) is 14.6. The van der Waals surface area contributed by atoms with Crippen LogP contribution >= 0.6 is 0 Å². The zero-order valence-electron chi connectivity index (χ0n) is 12.9. The molecule has 0 saturated carbocycles. The van der Waals surface area contributed by atoms with E-state index >= 15 is 0 Å². The summed E-state index contributed by atoms with van der Waals surface area (Å²) in [6, 6.07) is 9.12. The fourth-order valence-corrected chi connectivity index (χ4v) is 4.50. The summed E-state index contributed by atoms with van der Waals surface area (Å²) in [5, 5.41) is 2.68. The average molecular weight is 365 g/mol. The molecule has 0 amide bonds. The van der Waals surface area contributed by atoms with Crippen LogP contribution in [0.4, 0.5) is 11.4 Å². The van der Waals surface area contributed by atoms with Gasteiger partial charge in [-0.3, -0.25) is 4.72 Å². The fraction of sp³-hybridized carbons (Fsp3) is 0.133. The van der Waals surface area contributed by atoms with E-state index < -0.39 is 20.0 Å². The highest BCUT2D eigenvalue weighted by molar-refractivity contribution is 7.93. The maximum atomic E-state index is 12.6. The van der Waals surface area contributed by atoms with Crippen LogP contribution < -0.4 is 10.0 Å². The summed E-state index contributed by atoms with van der Waals surface area (Å²) in [4.78, 5) is -0.321. The largest absolute Gasteiger partial charge is 0.345 e. The first-order valence-electron chi connectivity index (χ1n) is 6.99. The Bertz CT molecular complexity index is 1060. The van der Waals surface area contributed by atoms with E-state index in [1.54, 1.807) is 12.1 Å². The van der Waals surface area contributed by atoms with E-state index in [9.17, 15) is 16.8 Å². The van der Waals surface area contributed by atoms with Crippen LogP contribution in [0, 0.1) is 13.8 Å². The van der Waals surface area contributed by atoms with Gasteiger partial charge in [0, 0.05) is 0 Å². The first-order chi connectivity index (χ1) is 11.2. The molecule has 7 nitrogen and oxygen atoms in total. The maximum Gasteiger partial charge on any atom is 0.285 e. The lowest BCUT2D eigenvalue weighted by Crippen LogP contribution is -2.16. The van der Waals surface area contributed by atoms with E-state index in [0.29, 0.717) is 5.69 Å². The number of rotatable bonds is 3. The first kappa shape index (κ1) is 16.5. The SMILES string of the molecule is Cc1cccc(NS(=O)(=O)c2ccc3c(c2)S(=O)(=O)N=CN3)c1C. The van der Waals surface area contributed by atoms with Crippen molar-refractivity contribution in [2.45, 2.75) is 23.6 Å². The van der Waals surface area contributed by atoms with Gasteiger partial charge in [-0.15, -0.1) is 4.40 Å². The Kier molecular flexibility index (Phi) is 3.84. The summed E-state index contributed by atoms with van der Waals surface area (Å²) < 4.78 is 55.0. The number of hydrogen-bond donors (Lipinski definition) is 2. The monoisotopic (exact) mass is 365 g/mol. The third kappa shape index (κ3) is 2.87. The van der Waals surface area contributed by atoms with Crippen LogP contribution in [0.25, 0.3) is 0 Å². The number of hydrogen-bond acceptors (Lipinski definition) is 5. The zero-order chi connectivity index (χ0) is 17.5. The van der Waals surface area contributed by atoms with Crippen LogP contribution in [0.1, 0.15) is 11.1 Å². The van der Waals surface area contributed by atoms with Crippen molar-refractivity contribution in [3.63, 3.8) is 0 Å². The molecule has 2 N–H and O–H groups in total. The Morgan fingerprint density at radius 3 is 2.62 bits per heavy atom. The van der Waals surface area contributed by atoms with Crippen molar-refractivity contribution >= 4 is 37.8 Å². The molecule has 2 aromatic rings. The van der Waals surface area contributed by atoms with Gasteiger partial charge in [-0.05, 0) is 49.2 Å². The molecule has 0 bridgehead atoms. The van der Waals surface area contributed by atoms with Gasteiger partial charge in [-0.25, -0.2) is 8.42 Å². The molecule has 0 fully saturated rings. The summed E-state index contributed by atoms with van der Waals surface area (Å²) in [6.07, 6.45) is 1.06. The van der Waals surface area contributed by atoms with Gasteiger partial charge in [0.1, 0.15) is 11.2 Å². The van der Waals surface area contributed by atoms with E-state index in [1.165, 1.54) is 12.1 Å². The van der Waals surface area contributed by atoms with Crippen LogP contribution in [-0.4, -0.2) is 23.2 Å². The second-order valence-corrected chi connectivity index (χ2v) is 8.65. The molecule has 0 unspecified atom stereocenters. The lowest BCUT2D eigenvalue weighted by molar-refractivity contribution is 0.597. The lowest BCUT2D eigenvalue weighted by atomic mass is 10.1. The quantitative estimate of drug-likeness (QED) is 0.868. The minimum Gasteiger partial charge on any atom is -0.345 e. The molecule has 9 heteroatoms. The Morgan fingerprint density at radius 1 is 1.12 bits per heavy atom. The maximum absolute atomic E-state index is 12.6. The average Bonchev–Trinajstić information content (AvgIpc) is 2.51. The molecule has 24 heavy (non-hydrogen) atoms. The molecular formula is C15H15N3O4S2. The Morgan fingerprint density at radius 2 is 1.88 bits per heavy atom. The van der Waals surface area contributed by atoms with E-state index in [2.05, 4.69) is 14.4 Å². The topological polar surface area (TPSA) is 105 Å². The molecule has 0 saturated heterocycles. The predicted molar refractivity (Wildman–Crippen MR) is 92.5 cm³/mol. The van der Waals surface area contributed by atoms with E-state index in [-0.39, 0.29) is 15.5 Å². The van der Waals surface area contributed by atoms with Gasteiger partial charge < -0.3 is 5.32 Å². The van der Waals surface area contributed by atoms with E-state index in [4.69, 9.17) is 0 Å². The predicted octanol–water partition coefficient (Wildman–Crippen LogP) is 2.25. The van der Waals surface area contributed by atoms with E-state index in [1.807, 2.05) is 19.9 Å². The Labute approximate surface area is 140 Å². The molecule has 0 aliphatic carbocycles. The van der Waals surface area contributed by atoms with Gasteiger partial charge in [0.2, 0.25) is 0 Å². The summed E-state index contributed by atoms with van der Waals surface area (Å²) in [5.74, 6) is 0. The van der Waals surface area contributed by atoms with Crippen molar-refractivity contribution < 1.29 is 16.8 Å². The summed E-state index contributed by atoms with van der Waals surface area (Å²) in [6.45, 7) is 3.69. The smallest absolute Gasteiger partial charge is 0.285 e. The number of benzene rings is 2. The molecule has 2 aromatic carbocycles. The highest BCUT2D eigenvalue weighted by Crippen LogP contribution is 2.29. The van der Waals surface area contributed by atoms with Gasteiger partial charge in [-0.1, -0.05) is 12.1 Å².